The van der Waals surface area contributed by atoms with E-state index in [0.29, 0.717) is 6.54 Å². The first-order valence-corrected chi connectivity index (χ1v) is 10.8. The summed E-state index contributed by atoms with van der Waals surface area (Å²) in [5, 5.41) is 5.65. The van der Waals surface area contributed by atoms with Crippen LogP contribution in [-0.4, -0.2) is 17.1 Å². The minimum absolute atomic E-state index is 0.0941. The first-order chi connectivity index (χ1) is 13.6. The molecule has 0 unspecified atom stereocenters. The summed E-state index contributed by atoms with van der Waals surface area (Å²) in [4.78, 5) is 17.0. The van der Waals surface area contributed by atoms with Crippen molar-refractivity contribution in [1.29, 1.82) is 0 Å². The van der Waals surface area contributed by atoms with Crippen LogP contribution in [0.1, 0.15) is 26.3 Å². The van der Waals surface area contributed by atoms with Gasteiger partial charge in [-0.25, -0.2) is 0 Å². The Bertz CT molecular complexity index is 857. The molecule has 0 atom stereocenters. The predicted molar refractivity (Wildman–Crippen MR) is 118 cm³/mol. The van der Waals surface area contributed by atoms with Crippen LogP contribution in [0.2, 0.25) is 0 Å². The third-order valence-electron chi connectivity index (χ3n) is 4.41. The van der Waals surface area contributed by atoms with Crippen LogP contribution in [0.25, 0.3) is 0 Å². The van der Waals surface area contributed by atoms with Crippen LogP contribution in [-0.2, 0) is 16.2 Å². The Labute approximate surface area is 168 Å². The summed E-state index contributed by atoms with van der Waals surface area (Å²) >= 11 is 0. The lowest BCUT2D eigenvalue weighted by molar-refractivity contribution is -0.200. The zero-order chi connectivity index (χ0) is 19.9. The highest BCUT2D eigenvalue weighted by molar-refractivity contribution is 7.79. The van der Waals surface area contributed by atoms with Crippen LogP contribution in [0, 0.1) is 0 Å². The van der Waals surface area contributed by atoms with Crippen LogP contribution in [0.4, 0.5) is 0 Å². The maximum absolute atomic E-state index is 11.6. The van der Waals surface area contributed by atoms with Crippen molar-refractivity contribution in [2.45, 2.75) is 33.4 Å². The minimum Gasteiger partial charge on any atom is -0.368 e. The Hall–Kier alpha value is -2.48. The van der Waals surface area contributed by atoms with Gasteiger partial charge in [0, 0.05) is 13.0 Å². The summed E-state index contributed by atoms with van der Waals surface area (Å²) in [6, 6.07) is 29.8. The van der Waals surface area contributed by atoms with Crippen LogP contribution < -0.4 is 15.9 Å². The van der Waals surface area contributed by atoms with E-state index in [4.69, 9.17) is 4.84 Å². The fraction of sp³-hybridized carbons (Fsp3) is 0.208. The zero-order valence-electron chi connectivity index (χ0n) is 16.6. The third kappa shape index (κ3) is 5.07. The maximum atomic E-state index is 11.6. The molecule has 144 valence electrons. The molecular weight excluding hydrogens is 365 g/mol. The van der Waals surface area contributed by atoms with Gasteiger partial charge in [-0.1, -0.05) is 84.9 Å². The summed E-state index contributed by atoms with van der Waals surface area (Å²) in [5.41, 5.74) is 1.18. The molecule has 0 amide bonds. The van der Waals surface area contributed by atoms with Gasteiger partial charge < -0.3 is 4.84 Å². The maximum Gasteiger partial charge on any atom is 0.322 e. The van der Waals surface area contributed by atoms with E-state index in [0.717, 1.165) is 0 Å². The molecule has 0 fully saturated rings. The lowest BCUT2D eigenvalue weighted by Gasteiger charge is -2.27. The minimum atomic E-state index is -0.704. The monoisotopic (exact) mass is 391 g/mol. The van der Waals surface area contributed by atoms with Crippen molar-refractivity contribution in [2.75, 3.05) is 0 Å². The lowest BCUT2D eigenvalue weighted by Crippen LogP contribution is -2.34. The molecule has 0 aliphatic carbocycles. The number of carbonyl (C=O) groups is 1. The van der Waals surface area contributed by atoms with E-state index >= 15 is 0 Å². The molecular formula is C24H26NO2P. The Morgan fingerprint density at radius 1 is 0.857 bits per heavy atom. The van der Waals surface area contributed by atoms with Crippen molar-refractivity contribution in [1.82, 2.24) is 5.06 Å². The van der Waals surface area contributed by atoms with E-state index < -0.39 is 7.92 Å². The Balaban J connectivity index is 2.06. The fourth-order valence-corrected chi connectivity index (χ4v) is 5.56. The number of hydrogen-bond donors (Lipinski definition) is 0. The van der Waals surface area contributed by atoms with Gasteiger partial charge in [-0.15, -0.1) is 5.06 Å². The number of rotatable bonds is 7. The van der Waals surface area contributed by atoms with Crippen LogP contribution in [0.5, 0.6) is 0 Å². The summed E-state index contributed by atoms with van der Waals surface area (Å²) in [6.45, 7) is 6.07. The highest BCUT2D eigenvalue weighted by Crippen LogP contribution is 2.34. The van der Waals surface area contributed by atoms with E-state index in [1.165, 1.54) is 28.4 Å². The quantitative estimate of drug-likeness (QED) is 0.448. The molecule has 0 saturated carbocycles. The van der Waals surface area contributed by atoms with E-state index in [1.54, 1.807) is 5.06 Å². The second-order valence-corrected chi connectivity index (χ2v) is 9.07. The van der Waals surface area contributed by atoms with Crippen molar-refractivity contribution < 1.29 is 9.63 Å². The molecule has 0 N–H and O–H groups in total. The largest absolute Gasteiger partial charge is 0.368 e. The molecule has 0 radical (unpaired) electrons. The van der Waals surface area contributed by atoms with Crippen LogP contribution in [0.3, 0.4) is 0 Å². The van der Waals surface area contributed by atoms with Gasteiger partial charge in [0.1, 0.15) is 0 Å². The molecule has 3 nitrogen and oxygen atoms in total. The Morgan fingerprint density at radius 3 is 1.86 bits per heavy atom. The second-order valence-electron chi connectivity index (χ2n) is 6.89. The first kappa shape index (κ1) is 20.3. The van der Waals surface area contributed by atoms with Gasteiger partial charge in [0.15, 0.2) is 0 Å². The molecule has 3 aromatic rings. The van der Waals surface area contributed by atoms with E-state index in [1.807, 2.05) is 13.8 Å². The average molecular weight is 391 g/mol. The fourth-order valence-electron chi connectivity index (χ4n) is 3.10. The summed E-state index contributed by atoms with van der Waals surface area (Å²) in [6.07, 6.45) is 0. The highest BCUT2D eigenvalue weighted by atomic mass is 31.1. The normalized spacial score (nSPS) is 11.2. The number of carbonyl (C=O) groups excluding carboxylic acids is 1. The first-order valence-electron chi connectivity index (χ1n) is 9.49. The van der Waals surface area contributed by atoms with Crippen LogP contribution >= 0.6 is 7.92 Å². The zero-order valence-corrected chi connectivity index (χ0v) is 17.5. The molecule has 3 aromatic carbocycles. The smallest absolute Gasteiger partial charge is 0.322 e. The van der Waals surface area contributed by atoms with Crippen molar-refractivity contribution >= 4 is 29.8 Å². The number of hydrogen-bond acceptors (Lipinski definition) is 3. The molecule has 4 heteroatoms. The highest BCUT2D eigenvalue weighted by Gasteiger charge is 2.22. The van der Waals surface area contributed by atoms with Crippen molar-refractivity contribution in [3.05, 3.63) is 90.5 Å². The van der Waals surface area contributed by atoms with Gasteiger partial charge in [-0.05, 0) is 43.2 Å². The van der Waals surface area contributed by atoms with E-state index in [-0.39, 0.29) is 12.0 Å². The predicted octanol–water partition coefficient (Wildman–Crippen LogP) is 4.13. The Morgan fingerprint density at radius 2 is 1.36 bits per heavy atom. The Kier molecular flexibility index (Phi) is 6.97. The molecule has 0 heterocycles. The summed E-state index contributed by atoms with van der Waals surface area (Å²) in [5.74, 6) is -0.292. The lowest BCUT2D eigenvalue weighted by atomic mass is 10.2. The second kappa shape index (κ2) is 9.64. The molecule has 0 aliphatic heterocycles. The van der Waals surface area contributed by atoms with Gasteiger partial charge in [0.25, 0.3) is 0 Å². The van der Waals surface area contributed by atoms with Gasteiger partial charge in [0.2, 0.25) is 0 Å². The van der Waals surface area contributed by atoms with Gasteiger partial charge in [0.05, 0.1) is 6.54 Å². The molecule has 3 rings (SSSR count). The molecule has 0 aromatic heterocycles. The van der Waals surface area contributed by atoms with Crippen molar-refractivity contribution in [3.63, 3.8) is 0 Å². The SMILES string of the molecule is CC(=O)ON(Cc1ccccc1P(c1ccccc1)c1ccccc1)C(C)C. The van der Waals surface area contributed by atoms with Gasteiger partial charge in [-0.3, -0.25) is 4.79 Å². The molecule has 0 bridgehead atoms. The molecule has 0 aliphatic rings. The van der Waals surface area contributed by atoms with E-state index in [9.17, 15) is 4.79 Å². The molecule has 0 saturated heterocycles. The summed E-state index contributed by atoms with van der Waals surface area (Å²) in [7, 11) is -0.704. The average Bonchev–Trinajstić information content (AvgIpc) is 2.70. The third-order valence-corrected chi connectivity index (χ3v) is 6.96. The molecule has 0 spiro atoms. The topological polar surface area (TPSA) is 29.5 Å². The number of nitrogens with zero attached hydrogens (tertiary/aromatic N) is 1. The van der Waals surface area contributed by atoms with E-state index in [2.05, 4.69) is 84.9 Å². The number of benzene rings is 3. The molecule has 28 heavy (non-hydrogen) atoms. The summed E-state index contributed by atoms with van der Waals surface area (Å²) < 4.78 is 0. The van der Waals surface area contributed by atoms with Crippen molar-refractivity contribution in [3.8, 4) is 0 Å². The standard InChI is InChI=1S/C24H26NO2P/c1-19(2)25(27-20(3)26)18-21-12-10-11-17-24(21)28(22-13-6-4-7-14-22)23-15-8-5-9-16-23/h4-17,19H,18H2,1-3H3. The van der Waals surface area contributed by atoms with Crippen molar-refractivity contribution in [2.24, 2.45) is 0 Å². The number of hydroxylamine groups is 2. The van der Waals surface area contributed by atoms with Gasteiger partial charge >= 0.3 is 5.97 Å². The van der Waals surface area contributed by atoms with Crippen LogP contribution in [0.15, 0.2) is 84.9 Å². The van der Waals surface area contributed by atoms with Gasteiger partial charge in [-0.2, -0.15) is 0 Å².